The number of piperidine rings is 1. The number of allylic oxidation sites excluding steroid dienone is 1. The first-order chi connectivity index (χ1) is 21.3. The zero-order valence-electron chi connectivity index (χ0n) is 26.3. The number of aromatic nitrogens is 2. The minimum absolute atomic E-state index is 0.0336. The Morgan fingerprint density at radius 2 is 1.78 bits per heavy atom. The Balaban J connectivity index is 1.62. The number of amides is 1. The fraction of sp³-hybridized carbons (Fsp3) is 0.586. The Bertz CT molecular complexity index is 1680. The summed E-state index contributed by atoms with van der Waals surface area (Å²) in [6.45, 7) is 4.66. The maximum Gasteiger partial charge on any atom is 0.416 e. The zero-order valence-corrected chi connectivity index (χ0v) is 27.9. The number of nitrogens with zero attached hydrogens (tertiary/aromatic N) is 4. The molecule has 0 radical (unpaired) electrons. The number of hydrogen-bond donors (Lipinski definition) is 3. The van der Waals surface area contributed by atoms with E-state index in [-0.39, 0.29) is 37.7 Å². The Morgan fingerprint density at radius 1 is 1.11 bits per heavy atom. The maximum atomic E-state index is 13.9. The predicted molar refractivity (Wildman–Crippen MR) is 166 cm³/mol. The largest absolute Gasteiger partial charge is 0.416 e. The second-order valence-corrected chi connectivity index (χ2v) is 16.0. The van der Waals surface area contributed by atoms with Crippen LogP contribution in [-0.4, -0.2) is 97.7 Å². The molecule has 1 unspecified atom stereocenters. The number of halogens is 3. The fourth-order valence-corrected chi connectivity index (χ4v) is 7.51. The van der Waals surface area contributed by atoms with Crippen LogP contribution >= 0.6 is 0 Å². The van der Waals surface area contributed by atoms with Gasteiger partial charge >= 0.3 is 6.18 Å². The SMILES string of the molecule is CC(C)=CC(=O)NCc1cc(-c2nn(CC(O)CN3CCC(NS(C)(=O)=O)CC3)c3c2CN(S(C)(=O)=O)CC3)ccc1C(F)(F)F. The van der Waals surface area contributed by atoms with E-state index in [2.05, 4.69) is 10.0 Å². The third kappa shape index (κ3) is 9.60. The predicted octanol–water partition coefficient (Wildman–Crippen LogP) is 1.84. The van der Waals surface area contributed by atoms with E-state index < -0.39 is 50.3 Å². The summed E-state index contributed by atoms with van der Waals surface area (Å²) in [4.78, 5) is 14.2. The third-order valence-electron chi connectivity index (χ3n) is 7.95. The van der Waals surface area contributed by atoms with Crippen molar-refractivity contribution < 1.29 is 39.9 Å². The molecule has 4 rings (SSSR count). The molecule has 0 aliphatic carbocycles. The van der Waals surface area contributed by atoms with Crippen molar-refractivity contribution in [2.75, 3.05) is 38.7 Å². The molecule has 0 spiro atoms. The minimum Gasteiger partial charge on any atom is -0.390 e. The highest BCUT2D eigenvalue weighted by molar-refractivity contribution is 7.88. The lowest BCUT2D eigenvalue weighted by atomic mass is 9.97. The van der Waals surface area contributed by atoms with E-state index in [1.165, 1.54) is 22.5 Å². The Kier molecular flexibility index (Phi) is 11.0. The Hall–Kier alpha value is -2.83. The van der Waals surface area contributed by atoms with Crippen LogP contribution in [0.15, 0.2) is 29.8 Å². The summed E-state index contributed by atoms with van der Waals surface area (Å²) in [6.07, 6.45) is -0.594. The quantitative estimate of drug-likeness (QED) is 0.302. The number of likely N-dealkylation sites (tertiary alicyclic amines) is 1. The standard InChI is InChI=1S/C29H41F3N6O6S2/c1-19(2)13-27(40)33-15-21-14-20(5-6-25(21)29(30,31)32)28-24-18-37(46(4,43)44)12-9-26(24)38(34-28)17-23(39)16-36-10-7-22(8-11-36)35-45(3,41)42/h5-6,13-14,22-23,35,39H,7-12,15-18H2,1-4H3,(H,33,40). The third-order valence-corrected chi connectivity index (χ3v) is 9.96. The molecule has 3 N–H and O–H groups in total. The second-order valence-electron chi connectivity index (χ2n) is 12.2. The van der Waals surface area contributed by atoms with Crippen LogP contribution in [0.3, 0.4) is 0 Å². The topological polar surface area (TPSA) is 154 Å². The number of fused-ring (bicyclic) bond motifs is 1. The van der Waals surface area contributed by atoms with Gasteiger partial charge in [0.05, 0.1) is 36.4 Å². The number of rotatable bonds is 11. The lowest BCUT2D eigenvalue weighted by Gasteiger charge is -2.33. The first-order valence-corrected chi connectivity index (χ1v) is 18.6. The van der Waals surface area contributed by atoms with Crippen molar-refractivity contribution in [3.63, 3.8) is 0 Å². The highest BCUT2D eigenvalue weighted by Crippen LogP contribution is 2.37. The highest BCUT2D eigenvalue weighted by atomic mass is 32.2. The van der Waals surface area contributed by atoms with Crippen molar-refractivity contribution in [1.29, 1.82) is 0 Å². The smallest absolute Gasteiger partial charge is 0.390 e. The fourth-order valence-electron chi connectivity index (χ4n) is 5.88. The van der Waals surface area contributed by atoms with Gasteiger partial charge in [-0.05, 0) is 57.5 Å². The van der Waals surface area contributed by atoms with Crippen molar-refractivity contribution in [3.05, 3.63) is 52.2 Å². The van der Waals surface area contributed by atoms with Crippen LogP contribution in [-0.2, 0) is 57.1 Å². The Labute approximate surface area is 267 Å². The van der Waals surface area contributed by atoms with E-state index in [1.54, 1.807) is 18.5 Å². The summed E-state index contributed by atoms with van der Waals surface area (Å²) in [5.74, 6) is -0.533. The van der Waals surface area contributed by atoms with Crippen LogP contribution in [0, 0.1) is 0 Å². The molecule has 0 saturated carbocycles. The van der Waals surface area contributed by atoms with Crippen LogP contribution in [0.25, 0.3) is 11.3 Å². The molecule has 17 heteroatoms. The van der Waals surface area contributed by atoms with E-state index in [0.717, 1.165) is 18.6 Å². The molecule has 1 atom stereocenters. The number of carbonyl (C=O) groups excluding carboxylic acids is 1. The van der Waals surface area contributed by atoms with Crippen molar-refractivity contribution >= 4 is 26.0 Å². The van der Waals surface area contributed by atoms with E-state index in [9.17, 15) is 39.9 Å². The highest BCUT2D eigenvalue weighted by Gasteiger charge is 2.35. The van der Waals surface area contributed by atoms with Gasteiger partial charge in [0.25, 0.3) is 0 Å². The van der Waals surface area contributed by atoms with Crippen molar-refractivity contribution in [2.24, 2.45) is 0 Å². The van der Waals surface area contributed by atoms with Crippen LogP contribution in [0.5, 0.6) is 0 Å². The van der Waals surface area contributed by atoms with Gasteiger partial charge in [0, 0.05) is 61.5 Å². The average Bonchev–Trinajstić information content (AvgIpc) is 3.28. The van der Waals surface area contributed by atoms with Gasteiger partial charge in [-0.2, -0.15) is 22.6 Å². The van der Waals surface area contributed by atoms with E-state index in [0.29, 0.717) is 60.6 Å². The zero-order chi connectivity index (χ0) is 34.0. The number of nitrogens with one attached hydrogen (secondary N) is 2. The number of β-amino-alcohol motifs (C(OH)–C–C–N with tert-alkyl or cyclic N) is 1. The van der Waals surface area contributed by atoms with Crippen molar-refractivity contribution in [1.82, 2.24) is 29.0 Å². The summed E-state index contributed by atoms with van der Waals surface area (Å²) >= 11 is 0. The molecule has 1 aromatic carbocycles. The van der Waals surface area contributed by atoms with Crippen LogP contribution in [0.1, 0.15) is 49.1 Å². The number of alkyl halides is 3. The molecular formula is C29H41F3N6O6S2. The first-order valence-electron chi connectivity index (χ1n) is 14.8. The minimum atomic E-state index is -4.68. The molecule has 2 aliphatic heterocycles. The van der Waals surface area contributed by atoms with Crippen LogP contribution in [0.2, 0.25) is 0 Å². The lowest BCUT2D eigenvalue weighted by molar-refractivity contribution is -0.138. The van der Waals surface area contributed by atoms with Gasteiger partial charge in [-0.15, -0.1) is 0 Å². The molecule has 1 aromatic heterocycles. The van der Waals surface area contributed by atoms with Crippen LogP contribution < -0.4 is 10.0 Å². The molecule has 2 aromatic rings. The van der Waals surface area contributed by atoms with Gasteiger partial charge in [-0.25, -0.2) is 21.6 Å². The van der Waals surface area contributed by atoms with Crippen molar-refractivity contribution in [3.8, 4) is 11.3 Å². The van der Waals surface area contributed by atoms with E-state index in [1.807, 2.05) is 4.90 Å². The summed E-state index contributed by atoms with van der Waals surface area (Å²) in [5.41, 5.74) is 1.44. The molecule has 46 heavy (non-hydrogen) atoms. The lowest BCUT2D eigenvalue weighted by Crippen LogP contribution is -2.46. The molecule has 2 aliphatic rings. The van der Waals surface area contributed by atoms with Crippen molar-refractivity contribution in [2.45, 2.75) is 71.1 Å². The van der Waals surface area contributed by atoms with Gasteiger partial charge in [-0.1, -0.05) is 11.6 Å². The number of carbonyl (C=O) groups is 1. The Morgan fingerprint density at radius 3 is 2.37 bits per heavy atom. The van der Waals surface area contributed by atoms with Gasteiger partial charge < -0.3 is 15.3 Å². The second kappa shape index (κ2) is 14.1. The monoisotopic (exact) mass is 690 g/mol. The average molecular weight is 691 g/mol. The molecule has 1 amide bonds. The number of aliphatic hydroxyl groups excluding tert-OH is 1. The van der Waals surface area contributed by atoms with Gasteiger partial charge in [-0.3, -0.25) is 9.48 Å². The normalized spacial score (nSPS) is 17.8. The molecule has 1 saturated heterocycles. The molecular weight excluding hydrogens is 649 g/mol. The summed E-state index contributed by atoms with van der Waals surface area (Å²) in [6, 6.07) is 3.35. The number of benzene rings is 1. The molecule has 256 valence electrons. The summed E-state index contributed by atoms with van der Waals surface area (Å²) < 4.78 is 95.2. The summed E-state index contributed by atoms with van der Waals surface area (Å²) in [7, 11) is -6.90. The molecule has 1 fully saturated rings. The van der Waals surface area contributed by atoms with Gasteiger partial charge in [0.15, 0.2) is 0 Å². The summed E-state index contributed by atoms with van der Waals surface area (Å²) in [5, 5.41) is 18.2. The number of hydrogen-bond acceptors (Lipinski definition) is 8. The maximum absolute atomic E-state index is 13.9. The number of sulfonamides is 2. The molecule has 12 nitrogen and oxygen atoms in total. The first kappa shape index (κ1) is 36.0. The van der Waals surface area contributed by atoms with Gasteiger partial charge in [0.2, 0.25) is 26.0 Å². The molecule has 3 heterocycles. The van der Waals surface area contributed by atoms with Crippen LogP contribution in [0.4, 0.5) is 13.2 Å². The van der Waals surface area contributed by atoms with E-state index >= 15 is 0 Å². The number of aliphatic hydroxyl groups is 1. The van der Waals surface area contributed by atoms with Gasteiger partial charge in [0.1, 0.15) is 0 Å². The molecule has 0 bridgehead atoms. The van der Waals surface area contributed by atoms with E-state index in [4.69, 9.17) is 5.10 Å².